The minimum atomic E-state index is -0.973. The zero-order chi connectivity index (χ0) is 18.9. The van der Waals surface area contributed by atoms with E-state index in [9.17, 15) is 14.7 Å². The van der Waals surface area contributed by atoms with Gasteiger partial charge in [-0.1, -0.05) is 0 Å². The summed E-state index contributed by atoms with van der Waals surface area (Å²) in [5, 5.41) is 13.0. The van der Waals surface area contributed by atoms with Crippen molar-refractivity contribution in [1.29, 1.82) is 0 Å². The number of ether oxygens (including phenoxy) is 3. The highest BCUT2D eigenvalue weighted by atomic mass is 32.1. The SMILES string of the molecule is O=C(NCC1(C(=O)O)CCOCC1)c1cnc(-c2ccc3c(c2)OCO3)s1. The fourth-order valence-corrected chi connectivity index (χ4v) is 3.94. The summed E-state index contributed by atoms with van der Waals surface area (Å²) in [4.78, 5) is 28.9. The maximum absolute atomic E-state index is 12.5. The van der Waals surface area contributed by atoms with Crippen molar-refractivity contribution in [2.45, 2.75) is 12.8 Å². The van der Waals surface area contributed by atoms with Crippen molar-refractivity contribution in [3.05, 3.63) is 29.3 Å². The molecule has 0 saturated carbocycles. The molecule has 1 aromatic heterocycles. The molecule has 4 rings (SSSR count). The van der Waals surface area contributed by atoms with Crippen LogP contribution in [-0.4, -0.2) is 48.5 Å². The first-order valence-electron chi connectivity index (χ1n) is 8.53. The lowest BCUT2D eigenvalue weighted by molar-refractivity contribution is -0.154. The van der Waals surface area contributed by atoms with Gasteiger partial charge in [-0.2, -0.15) is 0 Å². The summed E-state index contributed by atoms with van der Waals surface area (Å²) in [6, 6.07) is 5.49. The number of aromatic nitrogens is 1. The molecule has 0 aliphatic carbocycles. The number of hydrogen-bond acceptors (Lipinski definition) is 7. The molecule has 27 heavy (non-hydrogen) atoms. The van der Waals surface area contributed by atoms with Crippen molar-refractivity contribution in [2.75, 3.05) is 26.6 Å². The molecular formula is C18H18N2O6S. The average Bonchev–Trinajstić information content (AvgIpc) is 3.35. The summed E-state index contributed by atoms with van der Waals surface area (Å²) in [6.45, 7) is 1.04. The van der Waals surface area contributed by atoms with Crippen molar-refractivity contribution in [3.8, 4) is 22.1 Å². The monoisotopic (exact) mass is 390 g/mol. The van der Waals surface area contributed by atoms with Gasteiger partial charge in [0.1, 0.15) is 9.88 Å². The Labute approximate surface area is 159 Å². The van der Waals surface area contributed by atoms with Gasteiger partial charge in [-0.25, -0.2) is 4.98 Å². The van der Waals surface area contributed by atoms with Crippen LogP contribution in [0.3, 0.4) is 0 Å². The number of aliphatic carboxylic acids is 1. The molecule has 2 N–H and O–H groups in total. The van der Waals surface area contributed by atoms with Gasteiger partial charge in [0.25, 0.3) is 5.91 Å². The van der Waals surface area contributed by atoms with Gasteiger partial charge in [0.15, 0.2) is 11.5 Å². The first-order chi connectivity index (χ1) is 13.1. The number of benzene rings is 1. The Balaban J connectivity index is 1.45. The third-order valence-corrected chi connectivity index (χ3v) is 5.89. The molecule has 1 aromatic carbocycles. The van der Waals surface area contributed by atoms with E-state index in [2.05, 4.69) is 10.3 Å². The van der Waals surface area contributed by atoms with Crippen molar-refractivity contribution in [1.82, 2.24) is 10.3 Å². The Kier molecular flexibility index (Phi) is 4.71. The molecule has 0 unspecified atom stereocenters. The predicted octanol–water partition coefficient (Wildman–Crippen LogP) is 2.15. The van der Waals surface area contributed by atoms with E-state index in [0.717, 1.165) is 5.56 Å². The van der Waals surface area contributed by atoms with Crippen LogP contribution >= 0.6 is 11.3 Å². The maximum Gasteiger partial charge on any atom is 0.311 e. The molecule has 1 saturated heterocycles. The summed E-state index contributed by atoms with van der Waals surface area (Å²) in [5.41, 5.74) is -0.145. The lowest BCUT2D eigenvalue weighted by Crippen LogP contribution is -2.46. The van der Waals surface area contributed by atoms with E-state index in [4.69, 9.17) is 14.2 Å². The predicted molar refractivity (Wildman–Crippen MR) is 96.1 cm³/mol. The second-order valence-corrected chi connectivity index (χ2v) is 7.51. The molecule has 0 spiro atoms. The van der Waals surface area contributed by atoms with Crippen LogP contribution < -0.4 is 14.8 Å². The lowest BCUT2D eigenvalue weighted by atomic mass is 9.80. The van der Waals surface area contributed by atoms with Crippen LogP contribution in [-0.2, 0) is 9.53 Å². The van der Waals surface area contributed by atoms with E-state index in [1.54, 1.807) is 6.07 Å². The van der Waals surface area contributed by atoms with Gasteiger partial charge < -0.3 is 24.6 Å². The summed E-state index contributed by atoms with van der Waals surface area (Å²) in [5.74, 6) is 0.100. The number of fused-ring (bicyclic) bond motifs is 1. The summed E-state index contributed by atoms with van der Waals surface area (Å²) >= 11 is 1.24. The Morgan fingerprint density at radius 1 is 1.22 bits per heavy atom. The molecule has 0 bridgehead atoms. The van der Waals surface area contributed by atoms with Crippen molar-refractivity contribution < 1.29 is 28.9 Å². The van der Waals surface area contributed by atoms with E-state index in [-0.39, 0.29) is 19.2 Å². The molecular weight excluding hydrogens is 372 g/mol. The van der Waals surface area contributed by atoms with Crippen molar-refractivity contribution in [3.63, 3.8) is 0 Å². The third kappa shape index (κ3) is 3.47. The standard InChI is InChI=1S/C18H18N2O6S/c21-15(20-9-18(17(22)23)3-5-24-6-4-18)14-8-19-16(27-14)11-1-2-12-13(7-11)26-10-25-12/h1-2,7-8H,3-6,9-10H2,(H,20,21)(H,22,23). The third-order valence-electron chi connectivity index (χ3n) is 4.84. The van der Waals surface area contributed by atoms with Crippen LogP contribution in [0.15, 0.2) is 24.4 Å². The Morgan fingerprint density at radius 3 is 2.78 bits per heavy atom. The normalized spacial score (nSPS) is 17.5. The van der Waals surface area contributed by atoms with Crippen LogP contribution in [0.5, 0.6) is 11.5 Å². The van der Waals surface area contributed by atoms with Gasteiger partial charge in [0, 0.05) is 25.3 Å². The van der Waals surface area contributed by atoms with Gasteiger partial charge >= 0.3 is 5.97 Å². The summed E-state index contributed by atoms with van der Waals surface area (Å²) < 4.78 is 15.9. The molecule has 2 aliphatic rings. The molecule has 0 atom stereocenters. The van der Waals surface area contributed by atoms with E-state index in [1.807, 2.05) is 12.1 Å². The molecule has 0 radical (unpaired) electrons. The van der Waals surface area contributed by atoms with E-state index >= 15 is 0 Å². The number of thiazole rings is 1. The molecule has 2 aliphatic heterocycles. The summed E-state index contributed by atoms with van der Waals surface area (Å²) in [6.07, 6.45) is 2.26. The van der Waals surface area contributed by atoms with Crippen molar-refractivity contribution in [2.24, 2.45) is 5.41 Å². The Bertz CT molecular complexity index is 874. The van der Waals surface area contributed by atoms with Crippen LogP contribution in [0.25, 0.3) is 10.6 Å². The smallest absolute Gasteiger partial charge is 0.311 e. The molecule has 8 nitrogen and oxygen atoms in total. The van der Waals surface area contributed by atoms with Gasteiger partial charge in [-0.15, -0.1) is 11.3 Å². The van der Waals surface area contributed by atoms with Crippen LogP contribution in [0.2, 0.25) is 0 Å². The van der Waals surface area contributed by atoms with Crippen LogP contribution in [0.4, 0.5) is 0 Å². The molecule has 3 heterocycles. The molecule has 2 aromatic rings. The van der Waals surface area contributed by atoms with Gasteiger partial charge in [0.05, 0.1) is 11.6 Å². The summed E-state index contributed by atoms with van der Waals surface area (Å²) in [7, 11) is 0. The van der Waals surface area contributed by atoms with Gasteiger partial charge in [-0.05, 0) is 31.0 Å². The molecule has 142 valence electrons. The minimum absolute atomic E-state index is 0.0712. The fourth-order valence-electron chi connectivity index (χ4n) is 3.11. The molecule has 1 amide bonds. The quantitative estimate of drug-likeness (QED) is 0.805. The number of carboxylic acids is 1. The van der Waals surface area contributed by atoms with Gasteiger partial charge in [-0.3, -0.25) is 9.59 Å². The minimum Gasteiger partial charge on any atom is -0.481 e. The second kappa shape index (κ2) is 7.16. The highest BCUT2D eigenvalue weighted by Gasteiger charge is 2.40. The van der Waals surface area contributed by atoms with Crippen LogP contribution in [0, 0.1) is 5.41 Å². The largest absolute Gasteiger partial charge is 0.481 e. The highest BCUT2D eigenvalue weighted by molar-refractivity contribution is 7.16. The molecule has 9 heteroatoms. The number of carbonyl (C=O) groups is 2. The molecule has 1 fully saturated rings. The van der Waals surface area contributed by atoms with Crippen molar-refractivity contribution >= 4 is 23.2 Å². The van der Waals surface area contributed by atoms with E-state index in [0.29, 0.717) is 47.4 Å². The fraction of sp³-hybridized carbons (Fsp3) is 0.389. The number of carboxylic acid groups (broad SMARTS) is 1. The van der Waals surface area contributed by atoms with Gasteiger partial charge in [0.2, 0.25) is 6.79 Å². The zero-order valence-electron chi connectivity index (χ0n) is 14.4. The lowest BCUT2D eigenvalue weighted by Gasteiger charge is -2.33. The Morgan fingerprint density at radius 2 is 2.00 bits per heavy atom. The number of carbonyl (C=O) groups excluding carboxylic acids is 1. The first kappa shape index (κ1) is 17.7. The number of hydrogen-bond donors (Lipinski definition) is 2. The number of nitrogens with one attached hydrogen (secondary N) is 1. The topological polar surface area (TPSA) is 107 Å². The Hall–Kier alpha value is -2.65. The first-order valence-corrected chi connectivity index (χ1v) is 9.34. The highest BCUT2D eigenvalue weighted by Crippen LogP contribution is 2.37. The zero-order valence-corrected chi connectivity index (χ0v) is 15.2. The average molecular weight is 390 g/mol. The number of amides is 1. The second-order valence-electron chi connectivity index (χ2n) is 6.48. The number of rotatable bonds is 5. The van der Waals surface area contributed by atoms with Crippen LogP contribution in [0.1, 0.15) is 22.5 Å². The van der Waals surface area contributed by atoms with E-state index < -0.39 is 11.4 Å². The van der Waals surface area contributed by atoms with E-state index in [1.165, 1.54) is 17.5 Å². The maximum atomic E-state index is 12.5. The number of nitrogens with zero attached hydrogens (tertiary/aromatic N) is 1.